The number of pyridine rings is 1. The topological polar surface area (TPSA) is 107 Å². The molecule has 3 aromatic rings. The summed E-state index contributed by atoms with van der Waals surface area (Å²) in [5, 5.41) is 11.4. The first-order valence-corrected chi connectivity index (χ1v) is 10.8. The Morgan fingerprint density at radius 1 is 1.30 bits per heavy atom. The summed E-state index contributed by atoms with van der Waals surface area (Å²) in [6, 6.07) is 3.41. The van der Waals surface area contributed by atoms with Crippen molar-refractivity contribution in [3.05, 3.63) is 51.8 Å². The molecule has 4 heterocycles. The zero-order valence-electron chi connectivity index (χ0n) is 16.6. The summed E-state index contributed by atoms with van der Waals surface area (Å²) in [5.41, 5.74) is 0.983. The maximum absolute atomic E-state index is 13.1. The minimum atomic E-state index is -0.216. The molecule has 0 bridgehead atoms. The number of nitrogens with zero attached hydrogens (tertiary/aromatic N) is 6. The van der Waals surface area contributed by atoms with E-state index in [9.17, 15) is 9.59 Å². The predicted molar refractivity (Wildman–Crippen MR) is 117 cm³/mol. The number of nitrogens with one attached hydrogen (secondary N) is 1. The van der Waals surface area contributed by atoms with Crippen LogP contribution in [0.1, 0.15) is 47.9 Å². The number of carbonyl (C=O) groups excluding carboxylic acids is 1. The molecule has 0 atom stereocenters. The van der Waals surface area contributed by atoms with E-state index in [-0.39, 0.29) is 11.5 Å². The third kappa shape index (κ3) is 3.91. The third-order valence-electron chi connectivity index (χ3n) is 5.03. The van der Waals surface area contributed by atoms with Crippen molar-refractivity contribution >= 4 is 38.1 Å². The van der Waals surface area contributed by atoms with Crippen LogP contribution in [0.3, 0.4) is 0 Å². The maximum atomic E-state index is 13.1. The van der Waals surface area contributed by atoms with Gasteiger partial charge in [-0.2, -0.15) is 0 Å². The minimum Gasteiger partial charge on any atom is -0.352 e. The molecule has 0 aromatic carbocycles. The first kappa shape index (κ1) is 20.4. The van der Waals surface area contributed by atoms with E-state index in [2.05, 4.69) is 48.3 Å². The van der Waals surface area contributed by atoms with Crippen LogP contribution in [0.15, 0.2) is 34.3 Å². The van der Waals surface area contributed by atoms with Gasteiger partial charge in [0.2, 0.25) is 5.78 Å². The van der Waals surface area contributed by atoms with E-state index in [1.807, 2.05) is 4.57 Å². The fourth-order valence-corrected chi connectivity index (χ4v) is 3.98. The number of amides is 1. The Labute approximate surface area is 181 Å². The van der Waals surface area contributed by atoms with Crippen LogP contribution in [0.2, 0.25) is 0 Å². The number of hydrogen-bond acceptors (Lipinski definition) is 6. The maximum Gasteiger partial charge on any atom is 0.266 e. The first-order chi connectivity index (χ1) is 14.6. The molecule has 0 radical (unpaired) electrons. The summed E-state index contributed by atoms with van der Waals surface area (Å²) in [6.07, 6.45) is 7.13. The summed E-state index contributed by atoms with van der Waals surface area (Å²) in [5.74, 6) is 1.47. The van der Waals surface area contributed by atoms with Crippen LogP contribution in [0.5, 0.6) is 0 Å². The molecular weight excluding hydrogens is 450 g/mol. The summed E-state index contributed by atoms with van der Waals surface area (Å²) >= 11 is 3.43. The Bertz CT molecular complexity index is 1170. The summed E-state index contributed by atoms with van der Waals surface area (Å²) in [6.45, 7) is 3.20. The highest BCUT2D eigenvalue weighted by molar-refractivity contribution is 9.18. The van der Waals surface area contributed by atoms with Crippen LogP contribution in [0.4, 0.5) is 5.82 Å². The molecule has 1 aliphatic rings. The van der Waals surface area contributed by atoms with Crippen LogP contribution in [-0.4, -0.2) is 41.2 Å². The van der Waals surface area contributed by atoms with Crippen molar-refractivity contribution in [3.63, 3.8) is 0 Å². The largest absolute Gasteiger partial charge is 0.352 e. The van der Waals surface area contributed by atoms with Crippen LogP contribution in [0.25, 0.3) is 5.78 Å². The zero-order chi connectivity index (χ0) is 21.1. The van der Waals surface area contributed by atoms with E-state index < -0.39 is 0 Å². The second kappa shape index (κ2) is 8.86. The lowest BCUT2D eigenvalue weighted by Gasteiger charge is -2.12. The molecule has 4 rings (SSSR count). The van der Waals surface area contributed by atoms with Gasteiger partial charge in [0.1, 0.15) is 11.6 Å². The number of aromatic nitrogens is 5. The Morgan fingerprint density at radius 3 is 2.93 bits per heavy atom. The van der Waals surface area contributed by atoms with Crippen molar-refractivity contribution in [1.82, 2.24) is 29.5 Å². The van der Waals surface area contributed by atoms with Gasteiger partial charge in [-0.15, -0.1) is 10.2 Å². The molecule has 30 heavy (non-hydrogen) atoms. The van der Waals surface area contributed by atoms with Gasteiger partial charge in [-0.25, -0.2) is 9.39 Å². The van der Waals surface area contributed by atoms with Crippen molar-refractivity contribution in [2.24, 2.45) is 4.99 Å². The average molecular weight is 472 g/mol. The number of aliphatic imine (C=N–C) groups is 1. The monoisotopic (exact) mass is 471 g/mol. The first-order valence-electron chi connectivity index (χ1n) is 10.0. The molecular formula is C20H22BrN7O2. The highest BCUT2D eigenvalue weighted by atomic mass is 79.9. The number of unbranched alkanes of at least 4 members (excludes halogenated alkanes) is 2. The number of carbonyl (C=O) groups is 1. The van der Waals surface area contributed by atoms with E-state index in [0.29, 0.717) is 47.9 Å². The predicted octanol–water partition coefficient (Wildman–Crippen LogP) is 2.43. The number of fused-ring (bicyclic) bond motifs is 2. The molecule has 0 saturated carbocycles. The lowest BCUT2D eigenvalue weighted by atomic mass is 10.2. The van der Waals surface area contributed by atoms with Gasteiger partial charge in [0, 0.05) is 38.3 Å². The Kier molecular flexibility index (Phi) is 6.03. The molecule has 0 spiro atoms. The number of halogens is 1. The summed E-state index contributed by atoms with van der Waals surface area (Å²) in [4.78, 5) is 33.8. The normalized spacial score (nSPS) is 12.8. The highest BCUT2D eigenvalue weighted by Gasteiger charge is 2.25. The van der Waals surface area contributed by atoms with E-state index in [0.717, 1.165) is 30.4 Å². The van der Waals surface area contributed by atoms with Gasteiger partial charge in [-0.05, 0) is 34.5 Å². The fraction of sp³-hybridized carbons (Fsp3) is 0.400. The van der Waals surface area contributed by atoms with Crippen LogP contribution in [-0.2, 0) is 19.4 Å². The van der Waals surface area contributed by atoms with Crippen molar-refractivity contribution in [2.75, 3.05) is 6.54 Å². The summed E-state index contributed by atoms with van der Waals surface area (Å²) < 4.78 is 4.28. The van der Waals surface area contributed by atoms with E-state index >= 15 is 0 Å². The standard InChI is InChI=1S/C20H22BrN7O2/c1-2-3-4-10-27-17-14(11-15(21)24-17)19(30)28-16(25-26-20(27)28)7-9-23-18(29)13-6-5-8-22-12-13/h5-6,8,12H,2-4,7,9-11H2,1H3,(H,23,29). The van der Waals surface area contributed by atoms with Gasteiger partial charge in [0.25, 0.3) is 11.5 Å². The van der Waals surface area contributed by atoms with Crippen molar-refractivity contribution in [2.45, 2.75) is 45.6 Å². The summed E-state index contributed by atoms with van der Waals surface area (Å²) in [7, 11) is 0. The number of rotatable bonds is 8. The molecule has 1 aliphatic heterocycles. The molecule has 0 saturated heterocycles. The molecule has 1 amide bonds. The van der Waals surface area contributed by atoms with Crippen LogP contribution in [0, 0.1) is 0 Å². The molecule has 0 unspecified atom stereocenters. The second-order valence-corrected chi connectivity index (χ2v) is 8.05. The van der Waals surface area contributed by atoms with Gasteiger partial charge in [-0.1, -0.05) is 19.8 Å². The van der Waals surface area contributed by atoms with E-state index in [1.165, 1.54) is 6.20 Å². The smallest absolute Gasteiger partial charge is 0.266 e. The second-order valence-electron chi connectivity index (χ2n) is 7.13. The molecule has 156 valence electrons. The average Bonchev–Trinajstić information content (AvgIpc) is 3.35. The lowest BCUT2D eigenvalue weighted by Crippen LogP contribution is -2.28. The number of aryl methyl sites for hydroxylation is 1. The third-order valence-corrected chi connectivity index (χ3v) is 5.49. The van der Waals surface area contributed by atoms with E-state index in [4.69, 9.17) is 0 Å². The highest BCUT2D eigenvalue weighted by Crippen LogP contribution is 2.28. The Balaban J connectivity index is 1.60. The van der Waals surface area contributed by atoms with Crippen molar-refractivity contribution in [1.29, 1.82) is 0 Å². The van der Waals surface area contributed by atoms with E-state index in [1.54, 1.807) is 22.7 Å². The SMILES string of the molecule is CCCCCn1c2c(c(=O)n3c(CCNC(=O)c4cccnc4)nnc13)CC(Br)=N2. The van der Waals surface area contributed by atoms with Gasteiger partial charge in [0.15, 0.2) is 0 Å². The molecule has 3 aromatic heterocycles. The van der Waals surface area contributed by atoms with Crippen molar-refractivity contribution < 1.29 is 4.79 Å². The Hall–Kier alpha value is -2.88. The molecule has 0 aliphatic carbocycles. The minimum absolute atomic E-state index is 0.150. The molecule has 0 fully saturated rings. The van der Waals surface area contributed by atoms with Gasteiger partial charge in [-0.3, -0.25) is 19.1 Å². The van der Waals surface area contributed by atoms with Crippen molar-refractivity contribution in [3.8, 4) is 0 Å². The van der Waals surface area contributed by atoms with Gasteiger partial charge < -0.3 is 5.32 Å². The fourth-order valence-electron chi connectivity index (χ4n) is 3.54. The Morgan fingerprint density at radius 2 is 2.17 bits per heavy atom. The van der Waals surface area contributed by atoms with Crippen LogP contribution >= 0.6 is 15.9 Å². The van der Waals surface area contributed by atoms with Gasteiger partial charge >= 0.3 is 0 Å². The van der Waals surface area contributed by atoms with Crippen LogP contribution < -0.4 is 10.9 Å². The van der Waals surface area contributed by atoms with Gasteiger partial charge in [0.05, 0.1) is 15.7 Å². The zero-order valence-corrected chi connectivity index (χ0v) is 18.2. The quantitative estimate of drug-likeness (QED) is 0.507. The molecule has 10 heteroatoms. The lowest BCUT2D eigenvalue weighted by molar-refractivity contribution is 0.0953. The molecule has 1 N–H and O–H groups in total. The molecule has 9 nitrogen and oxygen atoms in total. The number of hydrogen-bond donors (Lipinski definition) is 1.